The van der Waals surface area contributed by atoms with E-state index >= 15 is 0 Å². The Bertz CT molecular complexity index is 311. The molecule has 0 saturated heterocycles. The minimum atomic E-state index is -4.11. The van der Waals surface area contributed by atoms with Crippen molar-refractivity contribution in [3.8, 4) is 0 Å². The second-order valence-corrected chi connectivity index (χ2v) is 5.06. The molecule has 1 unspecified atom stereocenters. The van der Waals surface area contributed by atoms with Crippen molar-refractivity contribution >= 4 is 27.3 Å². The Balaban J connectivity index is 2.58. The van der Waals surface area contributed by atoms with E-state index in [0.717, 1.165) is 9.35 Å². The zero-order valence-corrected chi connectivity index (χ0v) is 10.5. The Morgan fingerprint density at radius 1 is 1.53 bits per heavy atom. The highest BCUT2D eigenvalue weighted by atomic mass is 79.9. The van der Waals surface area contributed by atoms with Crippen molar-refractivity contribution in [2.75, 3.05) is 7.05 Å². The molecule has 15 heavy (non-hydrogen) atoms. The van der Waals surface area contributed by atoms with Gasteiger partial charge in [-0.1, -0.05) is 0 Å². The van der Waals surface area contributed by atoms with Gasteiger partial charge in [-0.05, 0) is 40.8 Å². The largest absolute Gasteiger partial charge is 0.390 e. The van der Waals surface area contributed by atoms with E-state index in [1.54, 1.807) is 7.05 Å². The molecule has 1 aromatic rings. The van der Waals surface area contributed by atoms with E-state index in [9.17, 15) is 13.2 Å². The smallest absolute Gasteiger partial charge is 0.316 e. The van der Waals surface area contributed by atoms with Crippen LogP contribution < -0.4 is 5.32 Å². The van der Waals surface area contributed by atoms with Crippen molar-refractivity contribution < 1.29 is 13.2 Å². The van der Waals surface area contributed by atoms with Gasteiger partial charge in [-0.25, -0.2) is 0 Å². The zero-order chi connectivity index (χ0) is 11.5. The lowest BCUT2D eigenvalue weighted by molar-refractivity contribution is -0.139. The summed E-state index contributed by atoms with van der Waals surface area (Å²) in [5.74, 6) is 0. The molecule has 1 heterocycles. The molecule has 0 aromatic carbocycles. The predicted octanol–water partition coefficient (Wildman–Crippen LogP) is 3.59. The summed E-state index contributed by atoms with van der Waals surface area (Å²) in [4.78, 5) is 0.943. The Kier molecular flexibility index (Phi) is 4.61. The third kappa shape index (κ3) is 4.53. The quantitative estimate of drug-likeness (QED) is 0.896. The Morgan fingerprint density at radius 2 is 2.20 bits per heavy atom. The van der Waals surface area contributed by atoms with Crippen LogP contribution in [-0.4, -0.2) is 19.3 Å². The number of nitrogens with one attached hydrogen (secondary N) is 1. The molecule has 0 bridgehead atoms. The van der Waals surface area contributed by atoms with Crippen molar-refractivity contribution in [1.29, 1.82) is 0 Å². The van der Waals surface area contributed by atoms with Crippen LogP contribution in [0.5, 0.6) is 0 Å². The molecule has 1 N–H and O–H groups in total. The van der Waals surface area contributed by atoms with Crippen molar-refractivity contribution in [3.63, 3.8) is 0 Å². The highest BCUT2D eigenvalue weighted by molar-refractivity contribution is 9.10. The maximum absolute atomic E-state index is 12.2. The number of likely N-dealkylation sites (N-methyl/N-ethyl adjacent to an activating group) is 1. The molecule has 1 aromatic heterocycles. The maximum Gasteiger partial charge on any atom is 0.390 e. The van der Waals surface area contributed by atoms with Crippen LogP contribution >= 0.6 is 27.3 Å². The molecular weight excluding hydrogens is 291 g/mol. The van der Waals surface area contributed by atoms with Gasteiger partial charge >= 0.3 is 6.18 Å². The molecule has 0 saturated carbocycles. The highest BCUT2D eigenvalue weighted by Gasteiger charge is 2.31. The van der Waals surface area contributed by atoms with Crippen LogP contribution in [0.4, 0.5) is 13.2 Å². The summed E-state index contributed by atoms with van der Waals surface area (Å²) in [5, 5.41) is 4.55. The van der Waals surface area contributed by atoms with Gasteiger partial charge in [0.15, 0.2) is 0 Å². The van der Waals surface area contributed by atoms with E-state index in [4.69, 9.17) is 0 Å². The fourth-order valence-electron chi connectivity index (χ4n) is 1.25. The average Bonchev–Trinajstić information content (AvgIpc) is 2.48. The zero-order valence-electron chi connectivity index (χ0n) is 8.07. The second-order valence-electron chi connectivity index (χ2n) is 3.20. The average molecular weight is 302 g/mol. The van der Waals surface area contributed by atoms with E-state index in [1.807, 2.05) is 11.4 Å². The number of hydrogen-bond donors (Lipinski definition) is 1. The van der Waals surface area contributed by atoms with Crippen LogP contribution in [0.15, 0.2) is 15.9 Å². The lowest BCUT2D eigenvalue weighted by Gasteiger charge is -2.17. The molecule has 6 heteroatoms. The lowest BCUT2D eigenvalue weighted by atomic mass is 10.1. The molecule has 1 rings (SSSR count). The van der Waals surface area contributed by atoms with Crippen LogP contribution in [0.1, 0.15) is 11.3 Å². The topological polar surface area (TPSA) is 12.0 Å². The van der Waals surface area contributed by atoms with Crippen molar-refractivity contribution in [2.45, 2.75) is 25.1 Å². The Labute approximate surface area is 98.8 Å². The summed E-state index contributed by atoms with van der Waals surface area (Å²) in [6.45, 7) is 0. The third-order valence-corrected chi connectivity index (χ3v) is 3.96. The molecule has 0 aliphatic carbocycles. The molecule has 0 aliphatic heterocycles. The lowest BCUT2D eigenvalue weighted by Crippen LogP contribution is -2.32. The predicted molar refractivity (Wildman–Crippen MR) is 59.2 cm³/mol. The van der Waals surface area contributed by atoms with Crippen molar-refractivity contribution in [2.24, 2.45) is 0 Å². The summed E-state index contributed by atoms with van der Waals surface area (Å²) in [7, 11) is 1.55. The fraction of sp³-hybridized carbons (Fsp3) is 0.556. The van der Waals surface area contributed by atoms with Crippen LogP contribution in [0, 0.1) is 0 Å². The van der Waals surface area contributed by atoms with Gasteiger partial charge < -0.3 is 5.32 Å². The number of thiophene rings is 1. The minimum Gasteiger partial charge on any atom is -0.316 e. The summed E-state index contributed by atoms with van der Waals surface area (Å²) >= 11 is 4.77. The molecule has 86 valence electrons. The standard InChI is InChI=1S/C9H11BrF3NS/c1-14-6(5-9(11,12)13)4-8-7(10)2-3-15-8/h2-3,6,14H,4-5H2,1H3. The summed E-state index contributed by atoms with van der Waals surface area (Å²) < 4.78 is 37.4. The monoisotopic (exact) mass is 301 g/mol. The van der Waals surface area contributed by atoms with Gasteiger partial charge in [0.1, 0.15) is 0 Å². The molecule has 0 radical (unpaired) electrons. The van der Waals surface area contributed by atoms with Crippen molar-refractivity contribution in [1.82, 2.24) is 5.32 Å². The Morgan fingerprint density at radius 3 is 2.60 bits per heavy atom. The first-order chi connectivity index (χ1) is 6.92. The van der Waals surface area contributed by atoms with Crippen molar-refractivity contribution in [3.05, 3.63) is 20.8 Å². The van der Waals surface area contributed by atoms with E-state index < -0.39 is 18.6 Å². The Hall–Kier alpha value is -0.0700. The molecule has 0 fully saturated rings. The van der Waals surface area contributed by atoms with E-state index in [2.05, 4.69) is 21.2 Å². The third-order valence-electron chi connectivity index (χ3n) is 2.01. The van der Waals surface area contributed by atoms with E-state index in [1.165, 1.54) is 11.3 Å². The van der Waals surface area contributed by atoms with Gasteiger partial charge in [0.2, 0.25) is 0 Å². The van der Waals surface area contributed by atoms with Gasteiger partial charge in [-0.2, -0.15) is 13.2 Å². The fourth-order valence-corrected chi connectivity index (χ4v) is 2.85. The van der Waals surface area contributed by atoms with Gasteiger partial charge in [0.05, 0.1) is 6.42 Å². The van der Waals surface area contributed by atoms with E-state index in [0.29, 0.717) is 6.42 Å². The van der Waals surface area contributed by atoms with Crippen LogP contribution in [-0.2, 0) is 6.42 Å². The number of halogens is 4. The molecular formula is C9H11BrF3NS. The van der Waals surface area contributed by atoms with Crippen LogP contribution in [0.3, 0.4) is 0 Å². The number of alkyl halides is 3. The SMILES string of the molecule is CNC(Cc1sccc1Br)CC(F)(F)F. The summed E-state index contributed by atoms with van der Waals surface area (Å²) in [5.41, 5.74) is 0. The van der Waals surface area contributed by atoms with Crippen LogP contribution in [0.25, 0.3) is 0 Å². The first kappa shape index (κ1) is 13.0. The number of rotatable bonds is 4. The van der Waals surface area contributed by atoms with Gasteiger partial charge in [0, 0.05) is 15.4 Å². The normalized spacial score (nSPS) is 14.2. The summed E-state index contributed by atoms with van der Waals surface area (Å²) in [6, 6.07) is 1.29. The van der Waals surface area contributed by atoms with E-state index in [-0.39, 0.29) is 0 Å². The first-order valence-electron chi connectivity index (χ1n) is 4.38. The molecule has 0 amide bonds. The molecule has 0 spiro atoms. The number of hydrogen-bond acceptors (Lipinski definition) is 2. The first-order valence-corrected chi connectivity index (χ1v) is 6.05. The second kappa shape index (κ2) is 5.32. The molecule has 0 aliphatic rings. The highest BCUT2D eigenvalue weighted by Crippen LogP contribution is 2.27. The maximum atomic E-state index is 12.2. The van der Waals surface area contributed by atoms with Gasteiger partial charge in [-0.3, -0.25) is 0 Å². The molecule has 1 atom stereocenters. The molecule has 1 nitrogen and oxygen atoms in total. The van der Waals surface area contributed by atoms with Crippen LogP contribution in [0.2, 0.25) is 0 Å². The van der Waals surface area contributed by atoms with Gasteiger partial charge in [0.25, 0.3) is 0 Å². The minimum absolute atomic E-state index is 0.397. The van der Waals surface area contributed by atoms with Gasteiger partial charge in [-0.15, -0.1) is 11.3 Å². The summed E-state index contributed by atoms with van der Waals surface area (Å²) in [6.07, 6.45) is -4.51.